The van der Waals surface area contributed by atoms with Crippen LogP contribution in [0.4, 0.5) is 5.69 Å². The quantitative estimate of drug-likeness (QED) is 0.724. The number of para-hydroxylation sites is 2. The number of amides is 1. The molecular formula is C18H16N4O3. The molecular weight excluding hydrogens is 320 g/mol. The van der Waals surface area contributed by atoms with E-state index in [0.29, 0.717) is 16.9 Å². The molecule has 0 spiro atoms. The van der Waals surface area contributed by atoms with E-state index in [1.807, 2.05) is 6.07 Å². The molecule has 2 aromatic heterocycles. The molecule has 0 unspecified atom stereocenters. The molecule has 0 aliphatic rings. The summed E-state index contributed by atoms with van der Waals surface area (Å²) in [4.78, 5) is 28.0. The first-order chi connectivity index (χ1) is 12.2. The number of ether oxygens (including phenoxy) is 1. The average Bonchev–Trinajstić information content (AvgIpc) is 3.13. The molecule has 126 valence electrons. The Kier molecular flexibility index (Phi) is 4.84. The highest BCUT2D eigenvalue weighted by Crippen LogP contribution is 2.20. The van der Waals surface area contributed by atoms with Gasteiger partial charge in [0.1, 0.15) is 0 Å². The number of benzene rings is 1. The monoisotopic (exact) mass is 336 g/mol. The van der Waals surface area contributed by atoms with Crippen molar-refractivity contribution in [1.82, 2.24) is 14.8 Å². The molecule has 2 heterocycles. The van der Waals surface area contributed by atoms with Gasteiger partial charge in [0, 0.05) is 18.6 Å². The van der Waals surface area contributed by atoms with Gasteiger partial charge in [0.25, 0.3) is 5.91 Å². The van der Waals surface area contributed by atoms with Gasteiger partial charge in [-0.2, -0.15) is 5.10 Å². The van der Waals surface area contributed by atoms with Crippen LogP contribution in [-0.4, -0.2) is 33.2 Å². The van der Waals surface area contributed by atoms with E-state index >= 15 is 0 Å². The maximum absolute atomic E-state index is 12.3. The summed E-state index contributed by atoms with van der Waals surface area (Å²) in [6.45, 7) is 2.02. The predicted octanol–water partition coefficient (Wildman–Crippen LogP) is 2.70. The summed E-state index contributed by atoms with van der Waals surface area (Å²) in [5, 5.41) is 7.05. The highest BCUT2D eigenvalue weighted by molar-refractivity contribution is 6.05. The first-order valence-electron chi connectivity index (χ1n) is 7.72. The van der Waals surface area contributed by atoms with E-state index in [1.54, 1.807) is 55.7 Å². The molecule has 0 aliphatic heterocycles. The van der Waals surface area contributed by atoms with Gasteiger partial charge in [0.05, 0.1) is 23.5 Å². The maximum atomic E-state index is 12.3. The standard InChI is InChI=1S/C18H16N4O3/c1-2-25-18(24)15-9-11-22(21-15)16-8-4-3-7-14(16)20-17(23)13-6-5-10-19-12-13/h3-12H,2H2,1H3,(H,20,23). The van der Waals surface area contributed by atoms with Crippen LogP contribution in [0.3, 0.4) is 0 Å². The van der Waals surface area contributed by atoms with Crippen molar-refractivity contribution in [2.24, 2.45) is 0 Å². The van der Waals surface area contributed by atoms with E-state index in [2.05, 4.69) is 15.4 Å². The topological polar surface area (TPSA) is 86.1 Å². The van der Waals surface area contributed by atoms with Crippen LogP contribution in [0.15, 0.2) is 61.1 Å². The lowest BCUT2D eigenvalue weighted by Crippen LogP contribution is -2.14. The molecule has 0 aliphatic carbocycles. The number of pyridine rings is 1. The minimum atomic E-state index is -0.488. The number of nitrogens with zero attached hydrogens (tertiary/aromatic N) is 3. The number of nitrogens with one attached hydrogen (secondary N) is 1. The van der Waals surface area contributed by atoms with E-state index in [9.17, 15) is 9.59 Å². The molecule has 0 atom stereocenters. The van der Waals surface area contributed by atoms with Gasteiger partial charge in [-0.15, -0.1) is 0 Å². The van der Waals surface area contributed by atoms with Gasteiger partial charge < -0.3 is 10.1 Å². The Morgan fingerprint density at radius 1 is 1.16 bits per heavy atom. The van der Waals surface area contributed by atoms with Crippen LogP contribution < -0.4 is 5.32 Å². The molecule has 0 radical (unpaired) electrons. The fourth-order valence-electron chi connectivity index (χ4n) is 2.24. The molecule has 1 N–H and O–H groups in total. The minimum absolute atomic E-state index is 0.204. The van der Waals surface area contributed by atoms with E-state index in [-0.39, 0.29) is 18.2 Å². The highest BCUT2D eigenvalue weighted by atomic mass is 16.5. The van der Waals surface area contributed by atoms with Gasteiger partial charge in [-0.25, -0.2) is 9.48 Å². The van der Waals surface area contributed by atoms with Crippen molar-refractivity contribution in [2.75, 3.05) is 11.9 Å². The number of esters is 1. The maximum Gasteiger partial charge on any atom is 0.358 e. The SMILES string of the molecule is CCOC(=O)c1ccn(-c2ccccc2NC(=O)c2cccnc2)n1. The molecule has 1 amide bonds. The third-order valence-corrected chi connectivity index (χ3v) is 3.40. The van der Waals surface area contributed by atoms with E-state index in [1.165, 1.54) is 10.9 Å². The Morgan fingerprint density at radius 2 is 2.00 bits per heavy atom. The van der Waals surface area contributed by atoms with Crippen LogP contribution in [0, 0.1) is 0 Å². The molecule has 25 heavy (non-hydrogen) atoms. The number of hydrogen-bond donors (Lipinski definition) is 1. The van der Waals surface area contributed by atoms with Crippen LogP contribution in [0.25, 0.3) is 5.69 Å². The van der Waals surface area contributed by atoms with Crippen molar-refractivity contribution < 1.29 is 14.3 Å². The fourth-order valence-corrected chi connectivity index (χ4v) is 2.24. The van der Waals surface area contributed by atoms with E-state index in [4.69, 9.17) is 4.74 Å². The Balaban J connectivity index is 1.86. The summed E-state index contributed by atoms with van der Waals surface area (Å²) in [6, 6.07) is 12.1. The van der Waals surface area contributed by atoms with Crippen molar-refractivity contribution in [3.8, 4) is 5.69 Å². The number of anilines is 1. The van der Waals surface area contributed by atoms with Crippen LogP contribution in [-0.2, 0) is 4.74 Å². The van der Waals surface area contributed by atoms with Crippen molar-refractivity contribution in [3.63, 3.8) is 0 Å². The Bertz CT molecular complexity index is 890. The zero-order valence-corrected chi connectivity index (χ0v) is 13.5. The number of rotatable bonds is 5. The second kappa shape index (κ2) is 7.39. The van der Waals surface area contributed by atoms with Crippen molar-refractivity contribution >= 4 is 17.6 Å². The van der Waals surface area contributed by atoms with Crippen LogP contribution in [0.2, 0.25) is 0 Å². The second-order valence-electron chi connectivity index (χ2n) is 5.08. The predicted molar refractivity (Wildman–Crippen MR) is 91.7 cm³/mol. The van der Waals surface area contributed by atoms with Gasteiger partial charge in [-0.05, 0) is 37.3 Å². The lowest BCUT2D eigenvalue weighted by Gasteiger charge is -2.11. The van der Waals surface area contributed by atoms with Gasteiger partial charge in [-0.1, -0.05) is 12.1 Å². The molecule has 0 saturated carbocycles. The lowest BCUT2D eigenvalue weighted by atomic mass is 10.2. The minimum Gasteiger partial charge on any atom is -0.461 e. The number of aromatic nitrogens is 3. The highest BCUT2D eigenvalue weighted by Gasteiger charge is 2.14. The van der Waals surface area contributed by atoms with E-state index in [0.717, 1.165) is 0 Å². The normalized spacial score (nSPS) is 10.3. The Hall–Kier alpha value is -3.48. The molecule has 0 bridgehead atoms. The molecule has 7 nitrogen and oxygen atoms in total. The summed E-state index contributed by atoms with van der Waals surface area (Å²) in [5.41, 5.74) is 1.85. The van der Waals surface area contributed by atoms with Gasteiger partial charge in [-0.3, -0.25) is 9.78 Å². The lowest BCUT2D eigenvalue weighted by molar-refractivity contribution is 0.0519. The molecule has 3 rings (SSSR count). The molecule has 3 aromatic rings. The average molecular weight is 336 g/mol. The van der Waals surface area contributed by atoms with Crippen LogP contribution in [0.1, 0.15) is 27.8 Å². The Morgan fingerprint density at radius 3 is 2.76 bits per heavy atom. The summed E-state index contributed by atoms with van der Waals surface area (Å²) in [6.07, 6.45) is 4.73. The van der Waals surface area contributed by atoms with E-state index < -0.39 is 5.97 Å². The summed E-state index contributed by atoms with van der Waals surface area (Å²) >= 11 is 0. The first kappa shape index (κ1) is 16.4. The largest absolute Gasteiger partial charge is 0.461 e. The van der Waals surface area contributed by atoms with Crippen molar-refractivity contribution in [2.45, 2.75) is 6.92 Å². The van der Waals surface area contributed by atoms with Gasteiger partial charge in [0.2, 0.25) is 0 Å². The number of carbonyl (C=O) groups is 2. The second-order valence-corrected chi connectivity index (χ2v) is 5.08. The molecule has 0 saturated heterocycles. The molecule has 1 aromatic carbocycles. The van der Waals surface area contributed by atoms with Crippen molar-refractivity contribution in [3.05, 3.63) is 72.3 Å². The molecule has 7 heteroatoms. The summed E-state index contributed by atoms with van der Waals surface area (Å²) in [7, 11) is 0. The third kappa shape index (κ3) is 3.72. The Labute approximate surface area is 144 Å². The third-order valence-electron chi connectivity index (χ3n) is 3.40. The van der Waals surface area contributed by atoms with Gasteiger partial charge >= 0.3 is 5.97 Å². The summed E-state index contributed by atoms with van der Waals surface area (Å²) < 4.78 is 6.46. The zero-order chi connectivity index (χ0) is 17.6. The zero-order valence-electron chi connectivity index (χ0n) is 13.5. The number of hydrogen-bond acceptors (Lipinski definition) is 5. The smallest absolute Gasteiger partial charge is 0.358 e. The van der Waals surface area contributed by atoms with Crippen LogP contribution in [0.5, 0.6) is 0 Å². The van der Waals surface area contributed by atoms with Gasteiger partial charge in [0.15, 0.2) is 5.69 Å². The van der Waals surface area contributed by atoms with Crippen molar-refractivity contribution in [1.29, 1.82) is 0 Å². The molecule has 0 fully saturated rings. The first-order valence-corrected chi connectivity index (χ1v) is 7.72. The fraction of sp³-hybridized carbons (Fsp3) is 0.111. The van der Waals surface area contributed by atoms with Crippen LogP contribution >= 0.6 is 0 Å². The summed E-state index contributed by atoms with van der Waals surface area (Å²) in [5.74, 6) is -0.767. The number of carbonyl (C=O) groups excluding carboxylic acids is 2.